The van der Waals surface area contributed by atoms with Crippen LogP contribution in [0.2, 0.25) is 0 Å². The third-order valence-corrected chi connectivity index (χ3v) is 4.40. The second-order valence-electron chi connectivity index (χ2n) is 6.55. The molecule has 1 fully saturated rings. The average molecular weight is 401 g/mol. The number of carbonyl (C=O) groups is 1. The number of halogens is 2. The van der Waals surface area contributed by atoms with Crippen LogP contribution in [0.15, 0.2) is 42.7 Å². The summed E-state index contributed by atoms with van der Waals surface area (Å²) in [5.41, 5.74) is 7.26. The molecule has 0 radical (unpaired) electrons. The van der Waals surface area contributed by atoms with E-state index in [0.717, 1.165) is 11.1 Å². The predicted octanol–water partition coefficient (Wildman–Crippen LogP) is 2.14. The van der Waals surface area contributed by atoms with Gasteiger partial charge < -0.3 is 15.4 Å². The van der Waals surface area contributed by atoms with Crippen LogP contribution in [0.25, 0.3) is 0 Å². The Labute approximate surface area is 166 Å². The van der Waals surface area contributed by atoms with Gasteiger partial charge in [-0.15, -0.1) is 24.8 Å². The van der Waals surface area contributed by atoms with Crippen LogP contribution in [-0.2, 0) is 21.6 Å². The SMILES string of the molecule is Cc1cnn(CC2CN(C(=O)C(C)(N)c3ccccc3)CCO2)c1.Cl.Cl. The van der Waals surface area contributed by atoms with Gasteiger partial charge in [-0.1, -0.05) is 30.3 Å². The van der Waals surface area contributed by atoms with Gasteiger partial charge in [-0.3, -0.25) is 9.48 Å². The average Bonchev–Trinajstić information content (AvgIpc) is 3.00. The lowest BCUT2D eigenvalue weighted by molar-refractivity contribution is -0.145. The highest BCUT2D eigenvalue weighted by atomic mass is 35.5. The molecule has 0 saturated carbocycles. The molecule has 1 amide bonds. The number of ether oxygens (including phenoxy) is 1. The first-order valence-electron chi connectivity index (χ1n) is 8.21. The molecule has 0 bridgehead atoms. The third-order valence-electron chi connectivity index (χ3n) is 4.40. The van der Waals surface area contributed by atoms with Gasteiger partial charge in [-0.2, -0.15) is 5.10 Å². The Morgan fingerprint density at radius 2 is 2.04 bits per heavy atom. The molecule has 2 N–H and O–H groups in total. The summed E-state index contributed by atoms with van der Waals surface area (Å²) in [6.07, 6.45) is 3.72. The molecule has 8 heteroatoms. The third kappa shape index (κ3) is 4.98. The van der Waals surface area contributed by atoms with Crippen molar-refractivity contribution in [2.45, 2.75) is 32.0 Å². The van der Waals surface area contributed by atoms with Crippen molar-refractivity contribution in [3.05, 3.63) is 53.9 Å². The number of aryl methyl sites for hydroxylation is 1. The van der Waals surface area contributed by atoms with E-state index in [1.165, 1.54) is 0 Å². The van der Waals surface area contributed by atoms with E-state index in [-0.39, 0.29) is 36.8 Å². The molecule has 1 aliphatic heterocycles. The van der Waals surface area contributed by atoms with Crippen LogP contribution in [0.1, 0.15) is 18.1 Å². The molecular formula is C18H26Cl2N4O2. The molecule has 1 aliphatic rings. The van der Waals surface area contributed by atoms with E-state index >= 15 is 0 Å². The van der Waals surface area contributed by atoms with Gasteiger partial charge in [0.05, 0.1) is 25.5 Å². The van der Waals surface area contributed by atoms with Crippen molar-refractivity contribution in [2.75, 3.05) is 19.7 Å². The van der Waals surface area contributed by atoms with E-state index in [0.29, 0.717) is 26.2 Å². The van der Waals surface area contributed by atoms with Crippen LogP contribution in [0.3, 0.4) is 0 Å². The first kappa shape index (κ1) is 22.4. The largest absolute Gasteiger partial charge is 0.373 e. The quantitative estimate of drug-likeness (QED) is 0.852. The fourth-order valence-corrected chi connectivity index (χ4v) is 3.03. The molecule has 0 aliphatic carbocycles. The Morgan fingerprint density at radius 1 is 1.35 bits per heavy atom. The fraction of sp³-hybridized carbons (Fsp3) is 0.444. The smallest absolute Gasteiger partial charge is 0.247 e. The van der Waals surface area contributed by atoms with Gasteiger partial charge in [0.25, 0.3) is 0 Å². The molecule has 2 unspecified atom stereocenters. The molecule has 26 heavy (non-hydrogen) atoms. The number of hydrogen-bond acceptors (Lipinski definition) is 4. The van der Waals surface area contributed by atoms with E-state index in [9.17, 15) is 4.79 Å². The second-order valence-corrected chi connectivity index (χ2v) is 6.55. The zero-order chi connectivity index (χ0) is 17.2. The van der Waals surface area contributed by atoms with Gasteiger partial charge in [0, 0.05) is 19.3 Å². The lowest BCUT2D eigenvalue weighted by Gasteiger charge is -2.37. The van der Waals surface area contributed by atoms with Crippen LogP contribution in [0.5, 0.6) is 0 Å². The van der Waals surface area contributed by atoms with Crippen molar-refractivity contribution in [2.24, 2.45) is 5.73 Å². The zero-order valence-corrected chi connectivity index (χ0v) is 16.6. The number of nitrogens with two attached hydrogens (primary N) is 1. The van der Waals surface area contributed by atoms with E-state index < -0.39 is 5.54 Å². The van der Waals surface area contributed by atoms with Crippen molar-refractivity contribution in [1.29, 1.82) is 0 Å². The summed E-state index contributed by atoms with van der Waals surface area (Å²) in [6, 6.07) is 9.50. The van der Waals surface area contributed by atoms with E-state index in [1.54, 1.807) is 11.8 Å². The molecular weight excluding hydrogens is 375 g/mol. The van der Waals surface area contributed by atoms with E-state index in [2.05, 4.69) is 5.10 Å². The lowest BCUT2D eigenvalue weighted by Crippen LogP contribution is -2.56. The van der Waals surface area contributed by atoms with Gasteiger partial charge in [0.1, 0.15) is 5.54 Å². The van der Waals surface area contributed by atoms with Crippen LogP contribution >= 0.6 is 24.8 Å². The number of aromatic nitrogens is 2. The molecule has 3 rings (SSSR count). The predicted molar refractivity (Wildman–Crippen MR) is 106 cm³/mol. The number of morpholine rings is 1. The normalized spacial score (nSPS) is 19.0. The Balaban J connectivity index is 0.00000169. The first-order valence-corrected chi connectivity index (χ1v) is 8.21. The zero-order valence-electron chi connectivity index (χ0n) is 15.0. The summed E-state index contributed by atoms with van der Waals surface area (Å²) < 4.78 is 7.65. The van der Waals surface area contributed by atoms with Crippen molar-refractivity contribution in [1.82, 2.24) is 14.7 Å². The number of nitrogens with zero attached hydrogens (tertiary/aromatic N) is 3. The Bertz CT molecular complexity index is 706. The monoisotopic (exact) mass is 400 g/mol. The maximum Gasteiger partial charge on any atom is 0.247 e. The van der Waals surface area contributed by atoms with Crippen molar-refractivity contribution in [3.8, 4) is 0 Å². The van der Waals surface area contributed by atoms with Gasteiger partial charge >= 0.3 is 0 Å². The standard InChI is InChI=1S/C18H24N4O2.2ClH/c1-14-10-20-22(11-14)13-16-12-21(8-9-24-16)17(23)18(2,19)15-6-4-3-5-7-15;;/h3-7,10-11,16H,8-9,12-13,19H2,1-2H3;2*1H. The van der Waals surface area contributed by atoms with Crippen molar-refractivity contribution < 1.29 is 9.53 Å². The van der Waals surface area contributed by atoms with Gasteiger partial charge in [-0.25, -0.2) is 0 Å². The Hall–Kier alpha value is -1.60. The number of hydrogen-bond donors (Lipinski definition) is 1. The molecule has 1 aromatic heterocycles. The molecule has 2 aromatic rings. The summed E-state index contributed by atoms with van der Waals surface area (Å²) in [4.78, 5) is 14.7. The second kappa shape index (κ2) is 9.37. The Kier molecular flexibility index (Phi) is 8.09. The molecule has 1 aromatic carbocycles. The molecule has 2 atom stereocenters. The van der Waals surface area contributed by atoms with Gasteiger partial charge in [-0.05, 0) is 25.0 Å². The minimum absolute atomic E-state index is 0. The summed E-state index contributed by atoms with van der Waals surface area (Å²) in [5, 5.41) is 4.28. The number of amides is 1. The fourth-order valence-electron chi connectivity index (χ4n) is 3.03. The maximum atomic E-state index is 12.9. The van der Waals surface area contributed by atoms with E-state index in [1.807, 2.05) is 54.3 Å². The number of benzene rings is 1. The number of carbonyl (C=O) groups excluding carboxylic acids is 1. The van der Waals surface area contributed by atoms with Gasteiger partial charge in [0.2, 0.25) is 5.91 Å². The van der Waals surface area contributed by atoms with Crippen molar-refractivity contribution >= 4 is 30.7 Å². The molecule has 1 saturated heterocycles. The minimum atomic E-state index is -1.04. The van der Waals surface area contributed by atoms with E-state index in [4.69, 9.17) is 10.5 Å². The number of rotatable bonds is 4. The topological polar surface area (TPSA) is 73.4 Å². The van der Waals surface area contributed by atoms with Crippen LogP contribution in [-0.4, -0.2) is 46.4 Å². The minimum Gasteiger partial charge on any atom is -0.373 e. The lowest BCUT2D eigenvalue weighted by atomic mass is 9.91. The first-order chi connectivity index (χ1) is 11.5. The summed E-state index contributed by atoms with van der Waals surface area (Å²) in [6.45, 7) is 6.00. The van der Waals surface area contributed by atoms with Crippen molar-refractivity contribution in [3.63, 3.8) is 0 Å². The van der Waals surface area contributed by atoms with Crippen LogP contribution < -0.4 is 5.73 Å². The summed E-state index contributed by atoms with van der Waals surface area (Å²) in [7, 11) is 0. The van der Waals surface area contributed by atoms with Gasteiger partial charge in [0.15, 0.2) is 0 Å². The highest BCUT2D eigenvalue weighted by molar-refractivity contribution is 5.87. The molecule has 144 valence electrons. The molecule has 0 spiro atoms. The summed E-state index contributed by atoms with van der Waals surface area (Å²) >= 11 is 0. The molecule has 6 nitrogen and oxygen atoms in total. The highest BCUT2D eigenvalue weighted by Crippen LogP contribution is 2.22. The van der Waals surface area contributed by atoms with Crippen LogP contribution in [0, 0.1) is 6.92 Å². The highest BCUT2D eigenvalue weighted by Gasteiger charge is 2.36. The Morgan fingerprint density at radius 3 is 2.65 bits per heavy atom. The molecule has 2 heterocycles. The van der Waals surface area contributed by atoms with Crippen LogP contribution in [0.4, 0.5) is 0 Å². The maximum absolute atomic E-state index is 12.9. The summed E-state index contributed by atoms with van der Waals surface area (Å²) in [5.74, 6) is -0.0707.